The molecule has 1 fully saturated rings. The molecule has 1 atom stereocenters. The van der Waals surface area contributed by atoms with Crippen LogP contribution >= 0.6 is 0 Å². The molecular weight excluding hydrogens is 302 g/mol. The molecule has 0 radical (unpaired) electrons. The van der Waals surface area contributed by atoms with Gasteiger partial charge in [-0.1, -0.05) is 24.6 Å². The van der Waals surface area contributed by atoms with Gasteiger partial charge in [0, 0.05) is 38.3 Å². The van der Waals surface area contributed by atoms with Crippen molar-refractivity contribution in [2.24, 2.45) is 5.92 Å². The zero-order valence-electron chi connectivity index (χ0n) is 14.4. The fraction of sp³-hybridized carbons (Fsp3) is 0.474. The number of hydrogen-bond acceptors (Lipinski definition) is 3. The summed E-state index contributed by atoms with van der Waals surface area (Å²) in [7, 11) is 0. The Morgan fingerprint density at radius 1 is 1.29 bits per heavy atom. The molecule has 1 aromatic heterocycles. The number of likely N-dealkylation sites (tertiary alicyclic amines) is 1. The molecule has 2 aromatic rings. The highest BCUT2D eigenvalue weighted by molar-refractivity contribution is 5.78. The van der Waals surface area contributed by atoms with E-state index in [0.717, 1.165) is 31.7 Å². The van der Waals surface area contributed by atoms with E-state index in [1.54, 1.807) is 6.20 Å². The number of aryl methyl sites for hydroxylation is 1. The summed E-state index contributed by atoms with van der Waals surface area (Å²) < 4.78 is 7.85. The van der Waals surface area contributed by atoms with E-state index < -0.39 is 0 Å². The van der Waals surface area contributed by atoms with E-state index in [0.29, 0.717) is 6.54 Å². The Morgan fingerprint density at radius 2 is 2.00 bits per heavy atom. The lowest BCUT2D eigenvalue weighted by Gasteiger charge is -2.33. The van der Waals surface area contributed by atoms with Crippen molar-refractivity contribution in [2.45, 2.75) is 39.3 Å². The molecule has 0 unspecified atom stereocenters. The highest BCUT2D eigenvalue weighted by atomic mass is 16.5. The van der Waals surface area contributed by atoms with E-state index in [-0.39, 0.29) is 17.9 Å². The van der Waals surface area contributed by atoms with Gasteiger partial charge in [0.15, 0.2) is 0 Å². The first-order valence-electron chi connectivity index (χ1n) is 8.61. The Balaban J connectivity index is 1.47. The second-order valence-corrected chi connectivity index (χ2v) is 6.58. The maximum absolute atomic E-state index is 12.6. The molecule has 0 bridgehead atoms. The molecular formula is C19H25N3O2. The molecule has 3 rings (SSSR count). The summed E-state index contributed by atoms with van der Waals surface area (Å²) in [6.45, 7) is 6.19. The number of aromatic nitrogens is 2. The second kappa shape index (κ2) is 7.51. The van der Waals surface area contributed by atoms with Crippen LogP contribution in [0.15, 0.2) is 42.7 Å². The zero-order chi connectivity index (χ0) is 16.9. The van der Waals surface area contributed by atoms with Crippen molar-refractivity contribution < 1.29 is 9.53 Å². The second-order valence-electron chi connectivity index (χ2n) is 6.58. The molecule has 0 aliphatic carbocycles. The smallest absolute Gasteiger partial charge is 0.227 e. The summed E-state index contributed by atoms with van der Waals surface area (Å²) in [6.07, 6.45) is 5.59. The highest BCUT2D eigenvalue weighted by Gasteiger charge is 2.27. The zero-order valence-corrected chi connectivity index (χ0v) is 14.4. The molecule has 1 amide bonds. The molecule has 128 valence electrons. The number of amides is 1. The fourth-order valence-electron chi connectivity index (χ4n) is 3.08. The summed E-state index contributed by atoms with van der Waals surface area (Å²) >= 11 is 0. The van der Waals surface area contributed by atoms with Crippen LogP contribution in [-0.2, 0) is 11.3 Å². The van der Waals surface area contributed by atoms with Gasteiger partial charge < -0.3 is 9.64 Å². The van der Waals surface area contributed by atoms with Crippen LogP contribution in [0, 0.1) is 12.8 Å². The van der Waals surface area contributed by atoms with Gasteiger partial charge in [-0.05, 0) is 25.1 Å². The first-order valence-corrected chi connectivity index (χ1v) is 8.61. The van der Waals surface area contributed by atoms with Crippen LogP contribution in [0.2, 0.25) is 0 Å². The predicted molar refractivity (Wildman–Crippen MR) is 92.8 cm³/mol. The van der Waals surface area contributed by atoms with Crippen molar-refractivity contribution in [2.75, 3.05) is 13.1 Å². The minimum absolute atomic E-state index is 0.0560. The van der Waals surface area contributed by atoms with Crippen LogP contribution < -0.4 is 4.74 Å². The van der Waals surface area contributed by atoms with Crippen molar-refractivity contribution >= 4 is 5.91 Å². The standard InChI is InChI=1S/C19H25N3O2/c1-15-4-6-17(7-5-15)24-18-8-12-21(13-9-18)19(23)16(2)14-22-11-3-10-20-22/h3-7,10-11,16,18H,8-9,12-14H2,1-2H3/t16-/m1/s1. The highest BCUT2D eigenvalue weighted by Crippen LogP contribution is 2.20. The predicted octanol–water partition coefficient (Wildman–Crippen LogP) is 2.90. The van der Waals surface area contributed by atoms with Gasteiger partial charge >= 0.3 is 0 Å². The first-order chi connectivity index (χ1) is 11.6. The van der Waals surface area contributed by atoms with Crippen molar-refractivity contribution in [1.82, 2.24) is 14.7 Å². The molecule has 0 saturated carbocycles. The lowest BCUT2D eigenvalue weighted by Crippen LogP contribution is -2.44. The van der Waals surface area contributed by atoms with Crippen LogP contribution in [0.5, 0.6) is 5.75 Å². The van der Waals surface area contributed by atoms with E-state index >= 15 is 0 Å². The number of carbonyl (C=O) groups is 1. The fourth-order valence-corrected chi connectivity index (χ4v) is 3.08. The number of ether oxygens (including phenoxy) is 1. The minimum Gasteiger partial charge on any atom is -0.490 e. The van der Waals surface area contributed by atoms with Crippen molar-refractivity contribution in [3.8, 4) is 5.75 Å². The molecule has 1 aliphatic rings. The van der Waals surface area contributed by atoms with E-state index in [4.69, 9.17) is 4.74 Å². The third kappa shape index (κ3) is 4.16. The Hall–Kier alpha value is -2.30. The molecule has 5 nitrogen and oxygen atoms in total. The van der Waals surface area contributed by atoms with Gasteiger partial charge in [0.05, 0.1) is 12.5 Å². The lowest BCUT2D eigenvalue weighted by atomic mass is 10.0. The van der Waals surface area contributed by atoms with Crippen LogP contribution in [-0.4, -0.2) is 39.8 Å². The van der Waals surface area contributed by atoms with Gasteiger partial charge in [-0.15, -0.1) is 0 Å². The van der Waals surface area contributed by atoms with Gasteiger partial charge in [0.25, 0.3) is 0 Å². The topological polar surface area (TPSA) is 47.4 Å². The van der Waals surface area contributed by atoms with Crippen LogP contribution in [0.1, 0.15) is 25.3 Å². The molecule has 24 heavy (non-hydrogen) atoms. The van der Waals surface area contributed by atoms with Crippen molar-refractivity contribution in [1.29, 1.82) is 0 Å². The van der Waals surface area contributed by atoms with Gasteiger partial charge in [-0.3, -0.25) is 9.48 Å². The van der Waals surface area contributed by atoms with E-state index in [9.17, 15) is 4.79 Å². The monoisotopic (exact) mass is 327 g/mol. The van der Waals surface area contributed by atoms with Crippen LogP contribution in [0.4, 0.5) is 0 Å². The molecule has 0 N–H and O–H groups in total. The lowest BCUT2D eigenvalue weighted by molar-refractivity contribution is -0.137. The summed E-state index contributed by atoms with van der Waals surface area (Å²) in [5.41, 5.74) is 1.23. The average Bonchev–Trinajstić information content (AvgIpc) is 3.10. The summed E-state index contributed by atoms with van der Waals surface area (Å²) in [6, 6.07) is 10.0. The van der Waals surface area contributed by atoms with E-state index in [1.807, 2.05) is 40.9 Å². The Labute approximate surface area is 143 Å². The minimum atomic E-state index is -0.0560. The van der Waals surface area contributed by atoms with Gasteiger partial charge in [0.1, 0.15) is 11.9 Å². The maximum atomic E-state index is 12.6. The maximum Gasteiger partial charge on any atom is 0.227 e. The molecule has 1 saturated heterocycles. The Morgan fingerprint density at radius 3 is 2.62 bits per heavy atom. The number of rotatable bonds is 5. The number of nitrogens with zero attached hydrogens (tertiary/aromatic N) is 3. The van der Waals surface area contributed by atoms with E-state index in [1.165, 1.54) is 5.56 Å². The number of benzene rings is 1. The SMILES string of the molecule is Cc1ccc(OC2CCN(C(=O)[C@H](C)Cn3cccn3)CC2)cc1. The number of piperidine rings is 1. The van der Waals surface area contributed by atoms with Gasteiger partial charge in [-0.2, -0.15) is 5.10 Å². The largest absolute Gasteiger partial charge is 0.490 e. The third-order valence-corrected chi connectivity index (χ3v) is 4.52. The van der Waals surface area contributed by atoms with Gasteiger partial charge in [0.2, 0.25) is 5.91 Å². The van der Waals surface area contributed by atoms with Crippen LogP contribution in [0.25, 0.3) is 0 Å². The van der Waals surface area contributed by atoms with Crippen LogP contribution in [0.3, 0.4) is 0 Å². The molecule has 5 heteroatoms. The molecule has 1 aromatic carbocycles. The van der Waals surface area contributed by atoms with E-state index in [2.05, 4.69) is 24.2 Å². The summed E-state index contributed by atoms with van der Waals surface area (Å²) in [5.74, 6) is 1.07. The first kappa shape index (κ1) is 16.6. The third-order valence-electron chi connectivity index (χ3n) is 4.52. The molecule has 1 aliphatic heterocycles. The Bertz CT molecular complexity index is 644. The number of hydrogen-bond donors (Lipinski definition) is 0. The quantitative estimate of drug-likeness (QED) is 0.848. The van der Waals surface area contributed by atoms with Gasteiger partial charge in [-0.25, -0.2) is 0 Å². The van der Waals surface area contributed by atoms with Crippen molar-refractivity contribution in [3.05, 3.63) is 48.3 Å². The summed E-state index contributed by atoms with van der Waals surface area (Å²) in [5, 5.41) is 4.17. The molecule has 0 spiro atoms. The normalized spacial score (nSPS) is 16.8. The molecule has 2 heterocycles. The van der Waals surface area contributed by atoms with Crippen molar-refractivity contribution in [3.63, 3.8) is 0 Å². The Kier molecular flexibility index (Phi) is 5.18. The average molecular weight is 327 g/mol. The summed E-state index contributed by atoms with van der Waals surface area (Å²) in [4.78, 5) is 14.5. The number of carbonyl (C=O) groups excluding carboxylic acids is 1.